The lowest BCUT2D eigenvalue weighted by atomic mass is 9.99. The van der Waals surface area contributed by atoms with E-state index in [4.69, 9.17) is 15.0 Å². The van der Waals surface area contributed by atoms with Crippen LogP contribution in [0.3, 0.4) is 0 Å². The average Bonchev–Trinajstić information content (AvgIpc) is 3.51. The van der Waals surface area contributed by atoms with Crippen LogP contribution in [0.1, 0.15) is 0 Å². The van der Waals surface area contributed by atoms with Gasteiger partial charge >= 0.3 is 0 Å². The van der Waals surface area contributed by atoms with Crippen molar-refractivity contribution in [1.82, 2.24) is 15.0 Å². The van der Waals surface area contributed by atoms with Crippen LogP contribution in [-0.4, -0.2) is 15.0 Å². The number of rotatable bonds is 4. The van der Waals surface area contributed by atoms with Gasteiger partial charge < -0.3 is 0 Å². The smallest absolute Gasteiger partial charge is 0.165 e. The molecule has 0 saturated heterocycles. The summed E-state index contributed by atoms with van der Waals surface area (Å²) < 4.78 is 2.47. The summed E-state index contributed by atoms with van der Waals surface area (Å²) in [6.07, 6.45) is 0. The van der Waals surface area contributed by atoms with Crippen LogP contribution in [0.4, 0.5) is 0 Å². The molecule has 0 fully saturated rings. The van der Waals surface area contributed by atoms with E-state index < -0.39 is 0 Å². The maximum Gasteiger partial charge on any atom is 0.165 e. The van der Waals surface area contributed by atoms with Crippen LogP contribution < -0.4 is 0 Å². The summed E-state index contributed by atoms with van der Waals surface area (Å²) in [5, 5.41) is 7.56. The van der Waals surface area contributed by atoms with Gasteiger partial charge in [-0.3, -0.25) is 0 Å². The second-order valence-electron chi connectivity index (χ2n) is 11.2. The average molecular weight is 592 g/mol. The predicted molar refractivity (Wildman–Crippen MR) is 189 cm³/mol. The van der Waals surface area contributed by atoms with Gasteiger partial charge in [0, 0.05) is 42.2 Å². The highest BCUT2D eigenvalue weighted by molar-refractivity contribution is 7.27. The molecule has 3 nitrogen and oxygen atoms in total. The van der Waals surface area contributed by atoms with E-state index in [2.05, 4.69) is 127 Å². The summed E-state index contributed by atoms with van der Waals surface area (Å²) in [6.45, 7) is 0. The van der Waals surface area contributed by atoms with Crippen LogP contribution in [0.5, 0.6) is 0 Å². The van der Waals surface area contributed by atoms with Gasteiger partial charge in [0.05, 0.1) is 0 Å². The van der Waals surface area contributed by atoms with Crippen LogP contribution >= 0.6 is 11.3 Å². The number of aromatic nitrogens is 3. The fourth-order valence-corrected chi connectivity index (χ4v) is 7.71. The first-order valence-corrected chi connectivity index (χ1v) is 15.9. The summed E-state index contributed by atoms with van der Waals surface area (Å²) in [5.74, 6) is 2.00. The van der Waals surface area contributed by atoms with Crippen molar-refractivity contribution in [3.8, 4) is 45.3 Å². The van der Waals surface area contributed by atoms with E-state index in [9.17, 15) is 0 Å². The van der Waals surface area contributed by atoms with Crippen molar-refractivity contribution in [1.29, 1.82) is 0 Å². The summed E-state index contributed by atoms with van der Waals surface area (Å²) in [4.78, 5) is 15.3. The van der Waals surface area contributed by atoms with Gasteiger partial charge in [-0.25, -0.2) is 15.0 Å². The van der Waals surface area contributed by atoms with Crippen molar-refractivity contribution in [2.24, 2.45) is 0 Å². The molecular weight excluding hydrogens is 567 g/mol. The lowest BCUT2D eigenvalue weighted by Crippen LogP contribution is -2.00. The van der Waals surface area contributed by atoms with Crippen LogP contribution in [0.15, 0.2) is 152 Å². The van der Waals surface area contributed by atoms with Gasteiger partial charge in [-0.05, 0) is 39.4 Å². The van der Waals surface area contributed by atoms with E-state index in [1.165, 1.54) is 41.7 Å². The van der Waals surface area contributed by atoms with Gasteiger partial charge in [-0.15, -0.1) is 11.3 Å². The zero-order valence-electron chi connectivity index (χ0n) is 24.2. The highest BCUT2D eigenvalue weighted by atomic mass is 32.1. The Morgan fingerprint density at radius 1 is 0.356 bits per heavy atom. The molecule has 0 aliphatic carbocycles. The maximum absolute atomic E-state index is 5.15. The van der Waals surface area contributed by atoms with E-state index in [-0.39, 0.29) is 0 Å². The Hall–Kier alpha value is -5.71. The minimum absolute atomic E-state index is 0.659. The zero-order chi connectivity index (χ0) is 29.7. The molecule has 0 saturated carbocycles. The van der Waals surface area contributed by atoms with Crippen molar-refractivity contribution in [2.45, 2.75) is 0 Å². The third kappa shape index (κ3) is 4.38. The first kappa shape index (κ1) is 25.8. The highest BCUT2D eigenvalue weighted by Crippen LogP contribution is 2.44. The van der Waals surface area contributed by atoms with Gasteiger partial charge in [0.15, 0.2) is 17.5 Å². The third-order valence-electron chi connectivity index (χ3n) is 8.51. The zero-order valence-corrected chi connectivity index (χ0v) is 25.0. The molecule has 0 amide bonds. The molecule has 0 N–H and O–H groups in total. The van der Waals surface area contributed by atoms with Gasteiger partial charge in [0.1, 0.15) is 0 Å². The number of thiophene rings is 1. The number of hydrogen-bond acceptors (Lipinski definition) is 4. The molecule has 0 radical (unpaired) electrons. The first-order valence-electron chi connectivity index (χ1n) is 15.0. The minimum atomic E-state index is 0.659. The standard InChI is InChI=1S/C41H25N3S/c1-3-11-26(12-4-1)30-16-9-17-31(25-30)40-42-39(29-14-5-2-6-15-29)43-41(44-40)35-20-10-19-33-34-24-23-28-22-21-27-13-7-8-18-32(27)36(28)38(34)45-37(33)35/h1-25H. The lowest BCUT2D eigenvalue weighted by Gasteiger charge is -2.10. The quantitative estimate of drug-likeness (QED) is 0.191. The molecule has 2 heterocycles. The lowest BCUT2D eigenvalue weighted by molar-refractivity contribution is 1.08. The molecule has 0 unspecified atom stereocenters. The molecule has 210 valence electrons. The van der Waals surface area contributed by atoms with E-state index in [1.807, 2.05) is 35.6 Å². The van der Waals surface area contributed by atoms with Crippen LogP contribution in [0.25, 0.3) is 87.0 Å². The Balaban J connectivity index is 1.29. The normalized spacial score (nSPS) is 11.6. The molecule has 4 heteroatoms. The van der Waals surface area contributed by atoms with E-state index in [0.29, 0.717) is 17.5 Å². The first-order chi connectivity index (χ1) is 22.3. The second-order valence-corrected chi connectivity index (χ2v) is 12.3. The van der Waals surface area contributed by atoms with Crippen molar-refractivity contribution in [3.05, 3.63) is 152 Å². The van der Waals surface area contributed by atoms with E-state index >= 15 is 0 Å². The summed E-state index contributed by atoms with van der Waals surface area (Å²) in [7, 11) is 0. The third-order valence-corrected chi connectivity index (χ3v) is 9.78. The minimum Gasteiger partial charge on any atom is -0.208 e. The molecular formula is C41H25N3S. The van der Waals surface area contributed by atoms with Crippen molar-refractivity contribution >= 4 is 53.1 Å². The van der Waals surface area contributed by atoms with Gasteiger partial charge in [-0.1, -0.05) is 140 Å². The molecule has 7 aromatic carbocycles. The molecule has 45 heavy (non-hydrogen) atoms. The largest absolute Gasteiger partial charge is 0.208 e. The molecule has 0 aliphatic heterocycles. The summed E-state index contributed by atoms with van der Waals surface area (Å²) in [6, 6.07) is 53.2. The Kier molecular flexibility index (Phi) is 6.00. The van der Waals surface area contributed by atoms with E-state index in [1.54, 1.807) is 0 Å². The Bertz CT molecular complexity index is 2540. The van der Waals surface area contributed by atoms with Crippen molar-refractivity contribution in [3.63, 3.8) is 0 Å². The molecule has 0 atom stereocenters. The molecule has 9 rings (SSSR count). The summed E-state index contributed by atoms with van der Waals surface area (Å²) >= 11 is 1.83. The number of fused-ring (bicyclic) bond motifs is 7. The topological polar surface area (TPSA) is 38.7 Å². The van der Waals surface area contributed by atoms with Crippen LogP contribution in [0, 0.1) is 0 Å². The molecule has 2 aromatic heterocycles. The number of hydrogen-bond donors (Lipinski definition) is 0. The maximum atomic E-state index is 5.15. The predicted octanol–water partition coefficient (Wildman–Crippen LogP) is 11.2. The van der Waals surface area contributed by atoms with Gasteiger partial charge in [0.2, 0.25) is 0 Å². The summed E-state index contributed by atoms with van der Waals surface area (Å²) in [5.41, 5.74) is 5.22. The Morgan fingerprint density at radius 3 is 1.78 bits per heavy atom. The number of nitrogens with zero attached hydrogens (tertiary/aromatic N) is 3. The van der Waals surface area contributed by atoms with E-state index in [0.717, 1.165) is 27.8 Å². The van der Waals surface area contributed by atoms with Gasteiger partial charge in [0.25, 0.3) is 0 Å². The van der Waals surface area contributed by atoms with Crippen LogP contribution in [0.2, 0.25) is 0 Å². The molecule has 9 aromatic rings. The van der Waals surface area contributed by atoms with Gasteiger partial charge in [-0.2, -0.15) is 0 Å². The molecule has 0 bridgehead atoms. The van der Waals surface area contributed by atoms with Crippen molar-refractivity contribution in [2.75, 3.05) is 0 Å². The highest BCUT2D eigenvalue weighted by Gasteiger charge is 2.18. The Morgan fingerprint density at radius 2 is 0.933 bits per heavy atom. The SMILES string of the molecule is c1ccc(-c2cccc(-c3nc(-c4ccccc4)nc(-c4cccc5c4sc4c5ccc5ccc6ccccc6c54)n3)c2)cc1. The number of benzene rings is 7. The fraction of sp³-hybridized carbons (Fsp3) is 0. The van der Waals surface area contributed by atoms with Crippen molar-refractivity contribution < 1.29 is 0 Å². The molecule has 0 aliphatic rings. The second kappa shape index (κ2) is 10.5. The monoisotopic (exact) mass is 591 g/mol. The Labute approximate surface area is 264 Å². The molecule has 0 spiro atoms. The fourth-order valence-electron chi connectivity index (χ4n) is 6.33. The van der Waals surface area contributed by atoms with Crippen LogP contribution in [-0.2, 0) is 0 Å².